The van der Waals surface area contributed by atoms with E-state index in [-0.39, 0.29) is 5.91 Å². The lowest BCUT2D eigenvalue weighted by atomic mass is 10.2. The Kier molecular flexibility index (Phi) is 6.97. The van der Waals surface area contributed by atoms with Crippen molar-refractivity contribution in [2.45, 2.75) is 33.2 Å². The Balaban J connectivity index is 1.42. The minimum atomic E-state index is -0.0446. The number of aromatic nitrogens is 4. The van der Waals surface area contributed by atoms with Gasteiger partial charge in [0.25, 0.3) is 0 Å². The third kappa shape index (κ3) is 5.06. The number of nitrogens with zero attached hydrogens (tertiary/aromatic N) is 5. The molecule has 0 aliphatic heterocycles. The molecule has 0 spiro atoms. The summed E-state index contributed by atoms with van der Waals surface area (Å²) in [5.41, 5.74) is 3.97. The number of hydrogen-bond acceptors (Lipinski definition) is 4. The summed E-state index contributed by atoms with van der Waals surface area (Å²) in [6.07, 6.45) is 4.79. The fourth-order valence-electron chi connectivity index (χ4n) is 3.83. The van der Waals surface area contributed by atoms with E-state index >= 15 is 0 Å². The highest BCUT2D eigenvalue weighted by atomic mass is 16.1. The first-order valence-electron chi connectivity index (χ1n) is 11.2. The van der Waals surface area contributed by atoms with Crippen LogP contribution in [0.3, 0.4) is 0 Å². The van der Waals surface area contributed by atoms with E-state index < -0.39 is 0 Å². The first-order valence-corrected chi connectivity index (χ1v) is 11.2. The zero-order valence-electron chi connectivity index (χ0n) is 18.7. The van der Waals surface area contributed by atoms with Gasteiger partial charge in [-0.1, -0.05) is 44.2 Å². The van der Waals surface area contributed by atoms with Gasteiger partial charge in [0.15, 0.2) is 0 Å². The molecular weight excluding hydrogens is 400 g/mol. The topological polar surface area (TPSA) is 68.0 Å². The Morgan fingerprint density at radius 3 is 2.56 bits per heavy atom. The molecule has 2 heterocycles. The highest BCUT2D eigenvalue weighted by molar-refractivity contribution is 5.91. The van der Waals surface area contributed by atoms with Gasteiger partial charge in [0.2, 0.25) is 11.9 Å². The van der Waals surface area contributed by atoms with E-state index in [2.05, 4.69) is 44.8 Å². The van der Waals surface area contributed by atoms with E-state index in [1.165, 1.54) is 0 Å². The molecule has 1 N–H and O–H groups in total. The number of anilines is 1. The summed E-state index contributed by atoms with van der Waals surface area (Å²) < 4.78 is 3.94. The van der Waals surface area contributed by atoms with Crippen LogP contribution in [0.2, 0.25) is 0 Å². The van der Waals surface area contributed by atoms with Crippen molar-refractivity contribution in [3.05, 3.63) is 72.6 Å². The predicted octanol–water partition coefficient (Wildman–Crippen LogP) is 4.14. The number of fused-ring (bicyclic) bond motifs is 1. The molecule has 0 atom stereocenters. The summed E-state index contributed by atoms with van der Waals surface area (Å²) in [5.74, 6) is 0.570. The van der Waals surface area contributed by atoms with Crippen LogP contribution in [-0.4, -0.2) is 49.8 Å². The first-order chi connectivity index (χ1) is 15.7. The number of hydrogen-bond donors (Lipinski definition) is 1. The lowest BCUT2D eigenvalue weighted by Crippen LogP contribution is -2.27. The number of nitrogens with one attached hydrogen (secondary N) is 1. The minimum Gasteiger partial charge on any atom is -0.309 e. The number of imidazole rings is 1. The van der Waals surface area contributed by atoms with Gasteiger partial charge in [-0.15, -0.1) is 0 Å². The standard InChI is InChI=1S/C25H30N6O/c1-3-29(4-2)16-17-30-23-13-9-8-12-22(23)27-25(30)28-24(32)15-14-20-18-26-31(19-20)21-10-6-5-7-11-21/h5-13,18-19H,3-4,14-17H2,1-2H3,(H,27,28,32). The molecule has 32 heavy (non-hydrogen) atoms. The molecule has 4 rings (SSSR count). The van der Waals surface area contributed by atoms with Gasteiger partial charge in [-0.3, -0.25) is 10.1 Å². The second-order valence-corrected chi connectivity index (χ2v) is 7.78. The van der Waals surface area contributed by atoms with Gasteiger partial charge in [0.1, 0.15) is 0 Å². The summed E-state index contributed by atoms with van der Waals surface area (Å²) in [6.45, 7) is 8.02. The Bertz CT molecular complexity index is 1160. The molecule has 0 saturated carbocycles. The number of para-hydroxylation sites is 3. The Hall–Kier alpha value is -3.45. The van der Waals surface area contributed by atoms with Crippen LogP contribution in [0.5, 0.6) is 0 Å². The molecule has 4 aromatic rings. The van der Waals surface area contributed by atoms with Crippen LogP contribution in [0.25, 0.3) is 16.7 Å². The maximum absolute atomic E-state index is 12.7. The molecule has 0 aliphatic carbocycles. The van der Waals surface area contributed by atoms with Crippen molar-refractivity contribution in [2.75, 3.05) is 25.0 Å². The number of carbonyl (C=O) groups excluding carboxylic acids is 1. The van der Waals surface area contributed by atoms with Crippen LogP contribution in [-0.2, 0) is 17.8 Å². The molecule has 1 amide bonds. The average Bonchev–Trinajstić information content (AvgIpc) is 3.44. The number of likely N-dealkylation sites (N-methyl/N-ethyl adjacent to an activating group) is 1. The zero-order valence-corrected chi connectivity index (χ0v) is 18.7. The molecule has 0 bridgehead atoms. The number of aryl methyl sites for hydroxylation is 1. The van der Waals surface area contributed by atoms with Crippen molar-refractivity contribution in [3.63, 3.8) is 0 Å². The maximum atomic E-state index is 12.7. The smallest absolute Gasteiger partial charge is 0.227 e. The van der Waals surface area contributed by atoms with Crippen LogP contribution >= 0.6 is 0 Å². The van der Waals surface area contributed by atoms with Crippen molar-refractivity contribution < 1.29 is 4.79 Å². The predicted molar refractivity (Wildman–Crippen MR) is 128 cm³/mol. The first kappa shape index (κ1) is 21.8. The molecule has 166 valence electrons. The van der Waals surface area contributed by atoms with Gasteiger partial charge in [-0.25, -0.2) is 9.67 Å². The van der Waals surface area contributed by atoms with Gasteiger partial charge < -0.3 is 9.47 Å². The average molecular weight is 431 g/mol. The summed E-state index contributed by atoms with van der Waals surface area (Å²) in [6, 6.07) is 18.0. The van der Waals surface area contributed by atoms with Crippen molar-refractivity contribution in [2.24, 2.45) is 0 Å². The molecule has 2 aromatic heterocycles. The SMILES string of the molecule is CCN(CC)CCn1c(NC(=O)CCc2cnn(-c3ccccc3)c2)nc2ccccc21. The lowest BCUT2D eigenvalue weighted by Gasteiger charge is -2.19. The van der Waals surface area contributed by atoms with Gasteiger partial charge in [0.05, 0.1) is 22.9 Å². The highest BCUT2D eigenvalue weighted by Gasteiger charge is 2.14. The van der Waals surface area contributed by atoms with E-state index in [4.69, 9.17) is 0 Å². The Morgan fingerprint density at radius 2 is 1.78 bits per heavy atom. The summed E-state index contributed by atoms with van der Waals surface area (Å²) in [5, 5.41) is 7.45. The molecular formula is C25H30N6O. The monoisotopic (exact) mass is 430 g/mol. The number of rotatable bonds is 10. The zero-order chi connectivity index (χ0) is 22.3. The molecule has 7 nitrogen and oxygen atoms in total. The van der Waals surface area contributed by atoms with Crippen molar-refractivity contribution >= 4 is 22.9 Å². The summed E-state index contributed by atoms with van der Waals surface area (Å²) in [7, 11) is 0. The van der Waals surface area contributed by atoms with Crippen LogP contribution in [0.15, 0.2) is 67.0 Å². The van der Waals surface area contributed by atoms with Crippen LogP contribution in [0, 0.1) is 0 Å². The second kappa shape index (κ2) is 10.2. The van der Waals surface area contributed by atoms with E-state index in [0.29, 0.717) is 18.8 Å². The van der Waals surface area contributed by atoms with Crippen molar-refractivity contribution in [3.8, 4) is 5.69 Å². The van der Waals surface area contributed by atoms with Crippen LogP contribution < -0.4 is 5.32 Å². The van der Waals surface area contributed by atoms with E-state index in [0.717, 1.165) is 48.5 Å². The quantitative estimate of drug-likeness (QED) is 0.411. The second-order valence-electron chi connectivity index (χ2n) is 7.78. The summed E-state index contributed by atoms with van der Waals surface area (Å²) in [4.78, 5) is 19.8. The molecule has 7 heteroatoms. The fraction of sp³-hybridized carbons (Fsp3) is 0.320. The molecule has 0 aliphatic rings. The maximum Gasteiger partial charge on any atom is 0.227 e. The minimum absolute atomic E-state index is 0.0446. The third-order valence-electron chi connectivity index (χ3n) is 5.74. The van der Waals surface area contributed by atoms with Crippen molar-refractivity contribution in [1.29, 1.82) is 0 Å². The van der Waals surface area contributed by atoms with Crippen LogP contribution in [0.4, 0.5) is 5.95 Å². The van der Waals surface area contributed by atoms with E-state index in [1.54, 1.807) is 0 Å². The molecule has 0 radical (unpaired) electrons. The van der Waals surface area contributed by atoms with E-state index in [1.807, 2.05) is 65.6 Å². The number of amides is 1. The number of benzene rings is 2. The summed E-state index contributed by atoms with van der Waals surface area (Å²) >= 11 is 0. The fourth-order valence-corrected chi connectivity index (χ4v) is 3.83. The van der Waals surface area contributed by atoms with Gasteiger partial charge in [-0.05, 0) is 49.3 Å². The molecule has 0 unspecified atom stereocenters. The van der Waals surface area contributed by atoms with Gasteiger partial charge >= 0.3 is 0 Å². The van der Waals surface area contributed by atoms with Crippen molar-refractivity contribution in [1.82, 2.24) is 24.2 Å². The normalized spacial score (nSPS) is 11.3. The molecule has 0 fully saturated rings. The number of carbonyl (C=O) groups is 1. The van der Waals surface area contributed by atoms with Gasteiger partial charge in [-0.2, -0.15) is 5.10 Å². The van der Waals surface area contributed by atoms with E-state index in [9.17, 15) is 4.79 Å². The Morgan fingerprint density at radius 1 is 1.03 bits per heavy atom. The lowest BCUT2D eigenvalue weighted by molar-refractivity contribution is -0.116. The third-order valence-corrected chi connectivity index (χ3v) is 5.74. The van der Waals surface area contributed by atoms with Crippen LogP contribution in [0.1, 0.15) is 25.8 Å². The van der Waals surface area contributed by atoms with Gasteiger partial charge in [0, 0.05) is 25.7 Å². The largest absolute Gasteiger partial charge is 0.309 e. The molecule has 0 saturated heterocycles. The Labute approximate surface area is 188 Å². The molecule has 2 aromatic carbocycles. The highest BCUT2D eigenvalue weighted by Crippen LogP contribution is 2.20.